The van der Waals surface area contributed by atoms with Crippen LogP contribution in [0.5, 0.6) is 17.2 Å². The highest BCUT2D eigenvalue weighted by Crippen LogP contribution is 2.38. The molecule has 1 aliphatic rings. The van der Waals surface area contributed by atoms with Crippen molar-refractivity contribution in [1.29, 1.82) is 0 Å². The summed E-state index contributed by atoms with van der Waals surface area (Å²) in [5.41, 5.74) is 0.177. The highest BCUT2D eigenvalue weighted by atomic mass is 32.2. The van der Waals surface area contributed by atoms with Gasteiger partial charge in [-0.2, -0.15) is 4.98 Å². The molecule has 1 aromatic carbocycles. The van der Waals surface area contributed by atoms with E-state index in [1.165, 1.54) is 33.5 Å². The standard InChI is InChI=1S/C18H20N4O6S/c1-25-11-6-4-7-12(26-2)16(11)29(23,24)21-17-15-13(27-3)10-14(22-8-5-9-22)19-18(15)28-20-17/h4,6-7,10H,5,8-9H2,1-3H3,(H,20,21). The Morgan fingerprint density at radius 2 is 1.72 bits per heavy atom. The molecular weight excluding hydrogens is 400 g/mol. The first-order chi connectivity index (χ1) is 14.0. The van der Waals surface area contributed by atoms with E-state index in [1.54, 1.807) is 12.1 Å². The van der Waals surface area contributed by atoms with Crippen LogP contribution in [0.4, 0.5) is 11.6 Å². The molecule has 0 spiro atoms. The van der Waals surface area contributed by atoms with Gasteiger partial charge in [-0.1, -0.05) is 11.2 Å². The van der Waals surface area contributed by atoms with Crippen LogP contribution in [0.25, 0.3) is 11.1 Å². The Bertz CT molecular complexity index is 1130. The van der Waals surface area contributed by atoms with Gasteiger partial charge in [0.2, 0.25) is 0 Å². The molecule has 0 bridgehead atoms. The topological polar surface area (TPSA) is 116 Å². The summed E-state index contributed by atoms with van der Waals surface area (Å²) in [7, 11) is 0.125. The SMILES string of the molecule is COc1cccc(OC)c1S(=O)(=O)Nc1noc2nc(N3CCC3)cc(OC)c12. The molecule has 3 heterocycles. The lowest BCUT2D eigenvalue weighted by molar-refractivity contribution is 0.373. The van der Waals surface area contributed by atoms with Crippen LogP contribution in [0.3, 0.4) is 0 Å². The summed E-state index contributed by atoms with van der Waals surface area (Å²) >= 11 is 0. The van der Waals surface area contributed by atoms with E-state index in [2.05, 4.69) is 19.8 Å². The van der Waals surface area contributed by atoms with Gasteiger partial charge in [-0.3, -0.25) is 4.72 Å². The lowest BCUT2D eigenvalue weighted by Gasteiger charge is -2.31. The molecule has 0 aliphatic carbocycles. The van der Waals surface area contributed by atoms with Crippen molar-refractivity contribution in [1.82, 2.24) is 10.1 Å². The molecule has 4 rings (SSSR count). The molecular formula is C18H20N4O6S. The molecule has 1 N–H and O–H groups in total. The smallest absolute Gasteiger partial charge is 0.270 e. The van der Waals surface area contributed by atoms with Gasteiger partial charge in [0.05, 0.1) is 21.3 Å². The Labute approximate surface area is 167 Å². The second kappa shape index (κ2) is 7.32. The number of nitrogens with zero attached hydrogens (tertiary/aromatic N) is 3. The summed E-state index contributed by atoms with van der Waals surface area (Å²) < 4.78 is 49.8. The van der Waals surface area contributed by atoms with Gasteiger partial charge in [-0.15, -0.1) is 0 Å². The van der Waals surface area contributed by atoms with Gasteiger partial charge < -0.3 is 23.6 Å². The van der Waals surface area contributed by atoms with Gasteiger partial charge in [-0.05, 0) is 18.6 Å². The quantitative estimate of drug-likeness (QED) is 0.614. The average Bonchev–Trinajstić information content (AvgIpc) is 3.07. The van der Waals surface area contributed by atoms with Gasteiger partial charge in [0.25, 0.3) is 15.7 Å². The van der Waals surface area contributed by atoms with E-state index in [0.29, 0.717) is 17.0 Å². The van der Waals surface area contributed by atoms with E-state index >= 15 is 0 Å². The van der Waals surface area contributed by atoms with Crippen LogP contribution in [-0.4, -0.2) is 53.0 Å². The molecule has 3 aromatic rings. The highest BCUT2D eigenvalue weighted by Gasteiger charge is 2.29. The highest BCUT2D eigenvalue weighted by molar-refractivity contribution is 7.93. The number of nitrogens with one attached hydrogen (secondary N) is 1. The van der Waals surface area contributed by atoms with Crippen molar-refractivity contribution in [2.75, 3.05) is 44.0 Å². The van der Waals surface area contributed by atoms with E-state index in [0.717, 1.165) is 19.5 Å². The third-order valence-corrected chi connectivity index (χ3v) is 6.08. The zero-order valence-corrected chi connectivity index (χ0v) is 16.9. The normalized spacial score (nSPS) is 13.8. The summed E-state index contributed by atoms with van der Waals surface area (Å²) in [6, 6.07) is 6.42. The fraction of sp³-hybridized carbons (Fsp3) is 0.333. The number of sulfonamides is 1. The van der Waals surface area contributed by atoms with Crippen molar-refractivity contribution in [3.05, 3.63) is 24.3 Å². The third-order valence-electron chi connectivity index (χ3n) is 4.68. The van der Waals surface area contributed by atoms with Gasteiger partial charge in [0, 0.05) is 19.2 Å². The first-order valence-corrected chi connectivity index (χ1v) is 10.3. The van der Waals surface area contributed by atoms with Crippen molar-refractivity contribution in [2.24, 2.45) is 0 Å². The molecule has 0 saturated carbocycles. The first kappa shape index (κ1) is 19.1. The maximum absolute atomic E-state index is 13.1. The maximum Gasteiger partial charge on any atom is 0.270 e. The molecule has 0 atom stereocenters. The fourth-order valence-electron chi connectivity index (χ4n) is 3.10. The number of aromatic nitrogens is 2. The van der Waals surface area contributed by atoms with E-state index in [4.69, 9.17) is 18.7 Å². The average molecular weight is 420 g/mol. The van der Waals surface area contributed by atoms with E-state index < -0.39 is 10.0 Å². The van der Waals surface area contributed by atoms with Crippen LogP contribution in [0, 0.1) is 0 Å². The Hall–Kier alpha value is -3.21. The van der Waals surface area contributed by atoms with Crippen molar-refractivity contribution in [2.45, 2.75) is 11.3 Å². The molecule has 0 amide bonds. The molecule has 0 unspecified atom stereocenters. The van der Waals surface area contributed by atoms with Crippen molar-refractivity contribution < 1.29 is 27.2 Å². The zero-order valence-electron chi connectivity index (χ0n) is 16.1. The summed E-state index contributed by atoms with van der Waals surface area (Å²) in [6.45, 7) is 1.78. The minimum Gasteiger partial charge on any atom is -0.496 e. The van der Waals surface area contributed by atoms with Crippen LogP contribution < -0.4 is 23.8 Å². The zero-order chi connectivity index (χ0) is 20.6. The number of ether oxygens (including phenoxy) is 3. The third kappa shape index (κ3) is 3.27. The van der Waals surface area contributed by atoms with Crippen LogP contribution in [0.1, 0.15) is 6.42 Å². The Morgan fingerprint density at radius 3 is 2.28 bits per heavy atom. The van der Waals surface area contributed by atoms with Gasteiger partial charge in [0.15, 0.2) is 10.7 Å². The molecule has 29 heavy (non-hydrogen) atoms. The van der Waals surface area contributed by atoms with Crippen LogP contribution >= 0.6 is 0 Å². The maximum atomic E-state index is 13.1. The monoisotopic (exact) mass is 420 g/mol. The number of benzene rings is 1. The Balaban J connectivity index is 1.78. The molecule has 1 aliphatic heterocycles. The van der Waals surface area contributed by atoms with E-state index in [9.17, 15) is 8.42 Å². The minimum atomic E-state index is -4.12. The van der Waals surface area contributed by atoms with Crippen molar-refractivity contribution in [3.8, 4) is 17.2 Å². The molecule has 0 radical (unpaired) electrons. The predicted molar refractivity (Wildman–Crippen MR) is 106 cm³/mol. The first-order valence-electron chi connectivity index (χ1n) is 8.81. The Kier molecular flexibility index (Phi) is 4.82. The molecule has 11 heteroatoms. The number of hydrogen-bond donors (Lipinski definition) is 1. The summed E-state index contributed by atoms with van der Waals surface area (Å²) in [5.74, 6) is 1.33. The second-order valence-corrected chi connectivity index (χ2v) is 7.95. The number of rotatable bonds is 7. The second-order valence-electron chi connectivity index (χ2n) is 6.33. The lowest BCUT2D eigenvalue weighted by Crippen LogP contribution is -2.37. The van der Waals surface area contributed by atoms with Gasteiger partial charge >= 0.3 is 0 Å². The molecule has 10 nitrogen and oxygen atoms in total. The summed E-state index contributed by atoms with van der Waals surface area (Å²) in [4.78, 5) is 6.34. The fourth-order valence-corrected chi connectivity index (χ4v) is 4.43. The van der Waals surface area contributed by atoms with Crippen LogP contribution in [0.15, 0.2) is 33.7 Å². The van der Waals surface area contributed by atoms with Gasteiger partial charge in [-0.25, -0.2) is 8.42 Å². The van der Waals surface area contributed by atoms with Crippen molar-refractivity contribution in [3.63, 3.8) is 0 Å². The minimum absolute atomic E-state index is 0.0348. The van der Waals surface area contributed by atoms with Gasteiger partial charge in [0.1, 0.15) is 28.5 Å². The molecule has 1 fully saturated rings. The Morgan fingerprint density at radius 1 is 1.07 bits per heavy atom. The largest absolute Gasteiger partial charge is 0.496 e. The number of fused-ring (bicyclic) bond motifs is 1. The lowest BCUT2D eigenvalue weighted by atomic mass is 10.2. The molecule has 2 aromatic heterocycles. The van der Waals surface area contributed by atoms with Crippen molar-refractivity contribution >= 4 is 32.8 Å². The predicted octanol–water partition coefficient (Wildman–Crippen LogP) is 2.26. The number of methoxy groups -OCH3 is 3. The summed E-state index contributed by atoms with van der Waals surface area (Å²) in [6.07, 6.45) is 1.09. The summed E-state index contributed by atoms with van der Waals surface area (Å²) in [5, 5.41) is 4.19. The number of hydrogen-bond acceptors (Lipinski definition) is 9. The molecule has 154 valence electrons. The van der Waals surface area contributed by atoms with E-state index in [-0.39, 0.29) is 27.9 Å². The molecule has 1 saturated heterocycles. The van der Waals surface area contributed by atoms with E-state index in [1.807, 2.05) is 0 Å². The van der Waals surface area contributed by atoms with Crippen LogP contribution in [0.2, 0.25) is 0 Å². The number of pyridine rings is 1. The number of anilines is 2. The van der Waals surface area contributed by atoms with Crippen LogP contribution in [-0.2, 0) is 10.0 Å².